The third kappa shape index (κ3) is 5.80. The Kier molecular flexibility index (Phi) is 7.06. The fourth-order valence-electron chi connectivity index (χ4n) is 2.80. The Labute approximate surface area is 185 Å². The maximum absolute atomic E-state index is 12.8. The van der Waals surface area contributed by atoms with Gasteiger partial charge in [-0.3, -0.25) is 10.1 Å². The van der Waals surface area contributed by atoms with Crippen LogP contribution in [0.25, 0.3) is 0 Å². The van der Waals surface area contributed by atoms with Crippen molar-refractivity contribution in [3.8, 4) is 0 Å². The number of aryl methyl sites for hydroxylation is 2. The smallest absolute Gasteiger partial charge is 0.338 e. The van der Waals surface area contributed by atoms with Gasteiger partial charge in [0.15, 0.2) is 6.10 Å². The topological polar surface area (TPSA) is 128 Å². The molecule has 1 unspecified atom stereocenters. The van der Waals surface area contributed by atoms with E-state index in [4.69, 9.17) is 9.26 Å². The lowest BCUT2D eigenvalue weighted by Gasteiger charge is -2.14. The molecule has 0 aliphatic carbocycles. The summed E-state index contributed by atoms with van der Waals surface area (Å²) < 4.78 is 38.2. The molecule has 0 fully saturated rings. The molecule has 32 heavy (non-hydrogen) atoms. The van der Waals surface area contributed by atoms with E-state index in [9.17, 15) is 18.0 Å². The van der Waals surface area contributed by atoms with Crippen LogP contribution in [0.4, 0.5) is 5.88 Å². The maximum atomic E-state index is 12.8. The lowest BCUT2D eigenvalue weighted by Crippen LogP contribution is -2.30. The predicted octanol–water partition coefficient (Wildman–Crippen LogP) is 2.95. The van der Waals surface area contributed by atoms with E-state index in [0.29, 0.717) is 11.3 Å². The first-order chi connectivity index (χ1) is 15.2. The lowest BCUT2D eigenvalue weighted by atomic mass is 10.1. The number of carbonyl (C=O) groups is 2. The number of nitrogens with zero attached hydrogens (tertiary/aromatic N) is 1. The quantitative estimate of drug-likeness (QED) is 0.498. The summed E-state index contributed by atoms with van der Waals surface area (Å²) in [7, 11) is -3.88. The van der Waals surface area contributed by atoms with Gasteiger partial charge in [0.05, 0.1) is 16.2 Å². The number of hydrogen-bond donors (Lipinski definition) is 2. The first-order valence-corrected chi connectivity index (χ1v) is 11.2. The third-order valence-electron chi connectivity index (χ3n) is 4.55. The first-order valence-electron chi connectivity index (χ1n) is 9.75. The molecular formula is C22H23N3O6S. The fraction of sp³-hybridized carbons (Fsp3) is 0.227. The van der Waals surface area contributed by atoms with E-state index in [-0.39, 0.29) is 22.9 Å². The van der Waals surface area contributed by atoms with E-state index in [0.717, 1.165) is 5.56 Å². The minimum Gasteiger partial charge on any atom is -0.449 e. The number of rotatable bonds is 8. The molecule has 0 aliphatic rings. The molecule has 168 valence electrons. The molecule has 1 aromatic heterocycles. The molecule has 1 amide bonds. The Morgan fingerprint density at radius 3 is 2.47 bits per heavy atom. The van der Waals surface area contributed by atoms with Crippen LogP contribution in [0, 0.1) is 13.8 Å². The van der Waals surface area contributed by atoms with Crippen LogP contribution in [0.1, 0.15) is 34.1 Å². The van der Waals surface area contributed by atoms with Gasteiger partial charge < -0.3 is 9.26 Å². The van der Waals surface area contributed by atoms with Crippen molar-refractivity contribution >= 4 is 27.8 Å². The van der Waals surface area contributed by atoms with Crippen molar-refractivity contribution in [3.63, 3.8) is 0 Å². The van der Waals surface area contributed by atoms with Gasteiger partial charge in [0.1, 0.15) is 0 Å². The molecular weight excluding hydrogens is 434 g/mol. The van der Waals surface area contributed by atoms with Crippen molar-refractivity contribution in [1.82, 2.24) is 9.88 Å². The lowest BCUT2D eigenvalue weighted by molar-refractivity contribution is -0.123. The van der Waals surface area contributed by atoms with Crippen molar-refractivity contribution < 1.29 is 27.3 Å². The molecule has 3 aromatic rings. The van der Waals surface area contributed by atoms with E-state index in [2.05, 4.69) is 15.2 Å². The Balaban J connectivity index is 1.69. The van der Waals surface area contributed by atoms with Crippen molar-refractivity contribution in [2.45, 2.75) is 38.3 Å². The molecule has 0 saturated heterocycles. The van der Waals surface area contributed by atoms with Gasteiger partial charge in [-0.2, -0.15) is 0 Å². The minimum atomic E-state index is -3.88. The van der Waals surface area contributed by atoms with E-state index >= 15 is 0 Å². The van der Waals surface area contributed by atoms with Crippen molar-refractivity contribution in [2.24, 2.45) is 0 Å². The van der Waals surface area contributed by atoms with Crippen LogP contribution in [0.3, 0.4) is 0 Å². The molecule has 2 N–H and O–H groups in total. The average Bonchev–Trinajstić information content (AvgIpc) is 3.17. The molecule has 0 saturated carbocycles. The molecule has 3 rings (SSSR count). The summed E-state index contributed by atoms with van der Waals surface area (Å²) >= 11 is 0. The molecule has 2 aromatic carbocycles. The van der Waals surface area contributed by atoms with Crippen LogP contribution in [-0.4, -0.2) is 31.6 Å². The molecule has 0 bridgehead atoms. The monoisotopic (exact) mass is 457 g/mol. The van der Waals surface area contributed by atoms with Crippen LogP contribution in [0.5, 0.6) is 0 Å². The summed E-state index contributed by atoms with van der Waals surface area (Å²) in [6, 6.07) is 14.8. The minimum absolute atomic E-state index is 0.00541. The highest BCUT2D eigenvalue weighted by Crippen LogP contribution is 2.19. The SMILES string of the molecule is Cc1cc(NC(=O)C(C)OC(=O)c2ccc(C)c(S(=O)(=O)NCc3ccccc3)c2)on1. The van der Waals surface area contributed by atoms with Gasteiger partial charge in [-0.1, -0.05) is 41.6 Å². The van der Waals surface area contributed by atoms with Crippen molar-refractivity contribution in [2.75, 3.05) is 5.32 Å². The number of benzene rings is 2. The van der Waals surface area contributed by atoms with Gasteiger partial charge in [0.25, 0.3) is 5.91 Å². The second kappa shape index (κ2) is 9.75. The summed E-state index contributed by atoms with van der Waals surface area (Å²) in [4.78, 5) is 24.7. The number of carbonyl (C=O) groups excluding carboxylic acids is 2. The summed E-state index contributed by atoms with van der Waals surface area (Å²) in [5.74, 6) is -1.32. The molecule has 1 heterocycles. The Morgan fingerprint density at radius 1 is 1.09 bits per heavy atom. The molecule has 1 atom stereocenters. The highest BCUT2D eigenvalue weighted by atomic mass is 32.2. The van der Waals surface area contributed by atoms with Crippen LogP contribution >= 0.6 is 0 Å². The van der Waals surface area contributed by atoms with Crippen molar-refractivity contribution in [3.05, 3.63) is 77.0 Å². The number of ether oxygens (including phenoxy) is 1. The normalized spacial score (nSPS) is 12.2. The van der Waals surface area contributed by atoms with Crippen LogP contribution in [0.15, 0.2) is 64.0 Å². The van der Waals surface area contributed by atoms with E-state index in [1.54, 1.807) is 26.0 Å². The van der Waals surface area contributed by atoms with E-state index in [1.807, 2.05) is 18.2 Å². The zero-order valence-corrected chi connectivity index (χ0v) is 18.6. The van der Waals surface area contributed by atoms with Crippen LogP contribution in [-0.2, 0) is 26.1 Å². The van der Waals surface area contributed by atoms with E-state index < -0.39 is 28.0 Å². The van der Waals surface area contributed by atoms with Crippen LogP contribution < -0.4 is 10.0 Å². The zero-order valence-electron chi connectivity index (χ0n) is 17.8. The third-order valence-corrected chi connectivity index (χ3v) is 6.09. The summed E-state index contributed by atoms with van der Waals surface area (Å²) in [6.45, 7) is 4.82. The zero-order chi connectivity index (χ0) is 23.3. The average molecular weight is 458 g/mol. The number of hydrogen-bond acceptors (Lipinski definition) is 7. The molecule has 10 heteroatoms. The number of anilines is 1. The summed E-state index contributed by atoms with van der Waals surface area (Å²) in [6.07, 6.45) is -1.15. The molecule has 0 radical (unpaired) electrons. The Bertz CT molecular complexity index is 1220. The number of sulfonamides is 1. The standard InChI is InChI=1S/C22H23N3O6S/c1-14-9-10-18(12-19(14)32(28,29)23-13-17-7-5-4-6-8-17)22(27)30-16(3)21(26)24-20-11-15(2)25-31-20/h4-12,16,23H,13H2,1-3H3,(H,24,26). The first kappa shape index (κ1) is 23.2. The van der Waals surface area contributed by atoms with Gasteiger partial charge in [0, 0.05) is 12.6 Å². The van der Waals surface area contributed by atoms with Gasteiger partial charge in [-0.05, 0) is 44.0 Å². The van der Waals surface area contributed by atoms with Gasteiger partial charge >= 0.3 is 5.97 Å². The highest BCUT2D eigenvalue weighted by molar-refractivity contribution is 7.89. The van der Waals surface area contributed by atoms with Gasteiger partial charge in [-0.25, -0.2) is 17.9 Å². The second-order valence-electron chi connectivity index (χ2n) is 7.16. The Morgan fingerprint density at radius 2 is 1.81 bits per heavy atom. The van der Waals surface area contributed by atoms with Crippen LogP contribution in [0.2, 0.25) is 0 Å². The number of aromatic nitrogens is 1. The number of amides is 1. The maximum Gasteiger partial charge on any atom is 0.338 e. The number of esters is 1. The summed E-state index contributed by atoms with van der Waals surface area (Å²) in [5, 5.41) is 6.10. The van der Waals surface area contributed by atoms with Crippen molar-refractivity contribution in [1.29, 1.82) is 0 Å². The second-order valence-corrected chi connectivity index (χ2v) is 8.90. The Hall–Kier alpha value is -3.50. The largest absolute Gasteiger partial charge is 0.449 e. The van der Waals surface area contributed by atoms with Gasteiger partial charge in [0.2, 0.25) is 15.9 Å². The summed E-state index contributed by atoms with van der Waals surface area (Å²) in [5.41, 5.74) is 1.85. The molecule has 9 nitrogen and oxygen atoms in total. The highest BCUT2D eigenvalue weighted by Gasteiger charge is 2.23. The van der Waals surface area contributed by atoms with Gasteiger partial charge in [-0.15, -0.1) is 0 Å². The van der Waals surface area contributed by atoms with E-state index in [1.165, 1.54) is 31.2 Å². The molecule has 0 spiro atoms. The predicted molar refractivity (Wildman–Crippen MR) is 116 cm³/mol. The fourth-order valence-corrected chi connectivity index (χ4v) is 4.08. The number of nitrogens with one attached hydrogen (secondary N) is 2. The molecule has 0 aliphatic heterocycles.